The summed E-state index contributed by atoms with van der Waals surface area (Å²) in [5.41, 5.74) is 5.89. The van der Waals surface area contributed by atoms with Crippen LogP contribution in [0.1, 0.15) is 11.4 Å². The van der Waals surface area contributed by atoms with Crippen LogP contribution in [0.15, 0.2) is 42.5 Å². The summed E-state index contributed by atoms with van der Waals surface area (Å²) in [5.74, 6) is 0.959. The number of para-hydroxylation sites is 1. The van der Waals surface area contributed by atoms with Crippen LogP contribution in [0.25, 0.3) is 22.2 Å². The monoisotopic (exact) mass is 222 g/mol. The summed E-state index contributed by atoms with van der Waals surface area (Å²) < 4.78 is 0. The molecule has 1 N–H and O–H groups in total. The van der Waals surface area contributed by atoms with E-state index in [0.29, 0.717) is 0 Å². The zero-order valence-corrected chi connectivity index (χ0v) is 9.99. The van der Waals surface area contributed by atoms with Crippen molar-refractivity contribution in [1.82, 2.24) is 9.97 Å². The molecule has 0 radical (unpaired) electrons. The molecule has 0 aliphatic carbocycles. The van der Waals surface area contributed by atoms with Crippen LogP contribution < -0.4 is 0 Å². The average molecular weight is 222 g/mol. The summed E-state index contributed by atoms with van der Waals surface area (Å²) >= 11 is 0. The van der Waals surface area contributed by atoms with E-state index in [1.165, 1.54) is 16.7 Å². The van der Waals surface area contributed by atoms with Crippen molar-refractivity contribution < 1.29 is 0 Å². The van der Waals surface area contributed by atoms with Gasteiger partial charge in [-0.1, -0.05) is 36.4 Å². The van der Waals surface area contributed by atoms with Gasteiger partial charge in [-0.25, -0.2) is 4.98 Å². The van der Waals surface area contributed by atoms with Crippen LogP contribution in [0, 0.1) is 13.8 Å². The van der Waals surface area contributed by atoms with Crippen molar-refractivity contribution in [2.24, 2.45) is 0 Å². The lowest BCUT2D eigenvalue weighted by Gasteiger charge is -2.06. The molecular formula is C15H14N2. The first kappa shape index (κ1) is 10.1. The minimum atomic E-state index is 0.959. The number of nitrogens with zero attached hydrogens (tertiary/aromatic N) is 1. The molecule has 3 aromatic rings. The normalized spacial score (nSPS) is 10.9. The van der Waals surface area contributed by atoms with Gasteiger partial charge in [0.25, 0.3) is 0 Å². The van der Waals surface area contributed by atoms with Gasteiger partial charge in [0, 0.05) is 5.56 Å². The summed E-state index contributed by atoms with van der Waals surface area (Å²) in [6.45, 7) is 4.12. The van der Waals surface area contributed by atoms with Crippen LogP contribution in [-0.4, -0.2) is 9.97 Å². The number of benzene rings is 2. The molecule has 3 rings (SSSR count). The highest BCUT2D eigenvalue weighted by atomic mass is 14.9. The number of aromatic nitrogens is 2. The Kier molecular flexibility index (Phi) is 2.22. The van der Waals surface area contributed by atoms with Gasteiger partial charge in [0.05, 0.1) is 11.0 Å². The van der Waals surface area contributed by atoms with E-state index in [4.69, 9.17) is 0 Å². The van der Waals surface area contributed by atoms with Gasteiger partial charge in [-0.05, 0) is 31.0 Å². The predicted molar refractivity (Wildman–Crippen MR) is 71.0 cm³/mol. The second-order valence-electron chi connectivity index (χ2n) is 4.34. The van der Waals surface area contributed by atoms with Gasteiger partial charge in [-0.2, -0.15) is 0 Å². The first-order valence-corrected chi connectivity index (χ1v) is 5.77. The third-order valence-corrected chi connectivity index (χ3v) is 3.07. The molecule has 84 valence electrons. The van der Waals surface area contributed by atoms with E-state index in [-0.39, 0.29) is 0 Å². The van der Waals surface area contributed by atoms with E-state index in [1.54, 1.807) is 0 Å². The van der Waals surface area contributed by atoms with Crippen LogP contribution in [0.4, 0.5) is 0 Å². The smallest absolute Gasteiger partial charge is 0.104 e. The standard InChI is InChI=1S/C15H14N2/c1-10-6-3-4-7-12(10)13-8-5-9-14-15(13)17-11(2)16-14/h3-9H,1-2H3,(H,16,17). The molecule has 1 aromatic heterocycles. The molecule has 0 fully saturated rings. The maximum atomic E-state index is 4.58. The van der Waals surface area contributed by atoms with Gasteiger partial charge in [-0.15, -0.1) is 0 Å². The number of rotatable bonds is 1. The van der Waals surface area contributed by atoms with Crippen LogP contribution in [-0.2, 0) is 0 Å². The molecule has 0 aliphatic rings. The third-order valence-electron chi connectivity index (χ3n) is 3.07. The second-order valence-corrected chi connectivity index (χ2v) is 4.34. The fourth-order valence-corrected chi connectivity index (χ4v) is 2.25. The Morgan fingerprint density at radius 3 is 2.47 bits per heavy atom. The highest BCUT2D eigenvalue weighted by Crippen LogP contribution is 2.29. The Balaban J connectivity index is 2.34. The molecule has 17 heavy (non-hydrogen) atoms. The fraction of sp³-hybridized carbons (Fsp3) is 0.133. The highest BCUT2D eigenvalue weighted by molar-refractivity contribution is 5.92. The van der Waals surface area contributed by atoms with Crippen LogP contribution in [0.3, 0.4) is 0 Å². The molecule has 0 spiro atoms. The van der Waals surface area contributed by atoms with E-state index in [0.717, 1.165) is 16.9 Å². The Bertz CT molecular complexity index is 680. The lowest BCUT2D eigenvalue weighted by molar-refractivity contribution is 1.17. The third kappa shape index (κ3) is 1.62. The first-order valence-electron chi connectivity index (χ1n) is 5.77. The molecule has 2 aromatic carbocycles. The summed E-state index contributed by atoms with van der Waals surface area (Å²) in [5, 5.41) is 0. The second kappa shape index (κ2) is 3.74. The lowest BCUT2D eigenvalue weighted by Crippen LogP contribution is -1.84. The number of imidazole rings is 1. The summed E-state index contributed by atoms with van der Waals surface area (Å²) in [6, 6.07) is 14.7. The number of aromatic amines is 1. The number of hydrogen-bond acceptors (Lipinski definition) is 1. The number of hydrogen-bond donors (Lipinski definition) is 1. The van der Waals surface area contributed by atoms with E-state index in [2.05, 4.69) is 59.4 Å². The summed E-state index contributed by atoms with van der Waals surface area (Å²) in [4.78, 5) is 7.85. The zero-order chi connectivity index (χ0) is 11.8. The molecule has 2 nitrogen and oxygen atoms in total. The van der Waals surface area contributed by atoms with Crippen molar-refractivity contribution in [3.8, 4) is 11.1 Å². The van der Waals surface area contributed by atoms with E-state index in [1.807, 2.05) is 6.92 Å². The summed E-state index contributed by atoms with van der Waals surface area (Å²) in [6.07, 6.45) is 0. The molecule has 0 saturated heterocycles. The van der Waals surface area contributed by atoms with Crippen molar-refractivity contribution >= 4 is 11.0 Å². The van der Waals surface area contributed by atoms with Gasteiger partial charge in [0.1, 0.15) is 5.82 Å². The lowest BCUT2D eigenvalue weighted by atomic mass is 9.99. The minimum absolute atomic E-state index is 0.959. The minimum Gasteiger partial charge on any atom is -0.342 e. The molecule has 0 unspecified atom stereocenters. The van der Waals surface area contributed by atoms with Crippen LogP contribution >= 0.6 is 0 Å². The van der Waals surface area contributed by atoms with E-state index < -0.39 is 0 Å². The van der Waals surface area contributed by atoms with Gasteiger partial charge in [0.15, 0.2) is 0 Å². The first-order chi connectivity index (χ1) is 8.25. The van der Waals surface area contributed by atoms with Crippen molar-refractivity contribution in [3.05, 3.63) is 53.9 Å². The quantitative estimate of drug-likeness (QED) is 0.665. The Morgan fingerprint density at radius 1 is 0.882 bits per heavy atom. The molecule has 0 atom stereocenters. The molecule has 0 bridgehead atoms. The molecule has 1 heterocycles. The summed E-state index contributed by atoms with van der Waals surface area (Å²) in [7, 11) is 0. The van der Waals surface area contributed by atoms with Crippen molar-refractivity contribution in [2.75, 3.05) is 0 Å². The van der Waals surface area contributed by atoms with E-state index in [9.17, 15) is 0 Å². The van der Waals surface area contributed by atoms with Gasteiger partial charge in [-0.3, -0.25) is 0 Å². The van der Waals surface area contributed by atoms with Gasteiger partial charge < -0.3 is 4.98 Å². The predicted octanol–water partition coefficient (Wildman–Crippen LogP) is 3.85. The molecule has 0 aliphatic heterocycles. The molecule has 2 heteroatoms. The van der Waals surface area contributed by atoms with Crippen LogP contribution in [0.5, 0.6) is 0 Å². The average Bonchev–Trinajstić information content (AvgIpc) is 2.70. The SMILES string of the molecule is Cc1nc2c(-c3ccccc3C)cccc2[nH]1. The number of H-pyrrole nitrogens is 1. The Hall–Kier alpha value is -2.09. The van der Waals surface area contributed by atoms with Crippen molar-refractivity contribution in [1.29, 1.82) is 0 Å². The van der Waals surface area contributed by atoms with Crippen molar-refractivity contribution in [2.45, 2.75) is 13.8 Å². The van der Waals surface area contributed by atoms with E-state index >= 15 is 0 Å². The highest BCUT2D eigenvalue weighted by Gasteiger charge is 2.08. The molecule has 0 amide bonds. The number of aryl methyl sites for hydroxylation is 2. The maximum absolute atomic E-state index is 4.58. The fourth-order valence-electron chi connectivity index (χ4n) is 2.25. The Morgan fingerprint density at radius 2 is 1.65 bits per heavy atom. The van der Waals surface area contributed by atoms with Gasteiger partial charge >= 0.3 is 0 Å². The zero-order valence-electron chi connectivity index (χ0n) is 9.99. The van der Waals surface area contributed by atoms with Crippen molar-refractivity contribution in [3.63, 3.8) is 0 Å². The largest absolute Gasteiger partial charge is 0.342 e. The Labute approximate surface area is 100 Å². The molecular weight excluding hydrogens is 208 g/mol. The number of nitrogens with one attached hydrogen (secondary N) is 1. The maximum Gasteiger partial charge on any atom is 0.104 e. The van der Waals surface area contributed by atoms with Gasteiger partial charge in [0.2, 0.25) is 0 Å². The molecule has 0 saturated carbocycles. The number of fused-ring (bicyclic) bond motifs is 1. The van der Waals surface area contributed by atoms with Crippen LogP contribution in [0.2, 0.25) is 0 Å². The topological polar surface area (TPSA) is 28.7 Å².